The fourth-order valence-corrected chi connectivity index (χ4v) is 3.97. The number of urea groups is 2. The Morgan fingerprint density at radius 2 is 1.20 bits per heavy atom. The van der Waals surface area contributed by atoms with Crippen LogP contribution in [0.1, 0.15) is 0 Å². The Labute approximate surface area is 160 Å². The molecular weight excluding hydrogens is 475 g/mol. The highest BCUT2D eigenvalue weighted by atomic mass is 31.2. The zero-order chi connectivity index (χ0) is 24.2. The van der Waals surface area contributed by atoms with Gasteiger partial charge in [0.15, 0.2) is 0 Å². The lowest BCUT2D eigenvalue weighted by Gasteiger charge is -2.46. The summed E-state index contributed by atoms with van der Waals surface area (Å²) in [6.07, 6.45) is -25.8. The number of hydrogen-bond acceptors (Lipinski definition) is 5. The van der Waals surface area contributed by atoms with Crippen LogP contribution in [-0.2, 0) is 9.32 Å². The molecule has 0 aliphatic carbocycles. The molecule has 1 saturated heterocycles. The minimum atomic E-state index is -7.22. The summed E-state index contributed by atoms with van der Waals surface area (Å²) in [4.78, 5) is 47.9. The fraction of sp³-hybridized carbons (Fsp3) is 0.727. The lowest BCUT2D eigenvalue weighted by molar-refractivity contribution is -0.332. The van der Waals surface area contributed by atoms with Crippen LogP contribution in [0.4, 0.5) is 53.5 Å². The van der Waals surface area contributed by atoms with Crippen LogP contribution in [-0.4, -0.2) is 83.5 Å². The monoisotopic (exact) mass is 485 g/mol. The molecule has 1 atom stereocenters. The summed E-state index contributed by atoms with van der Waals surface area (Å²) in [5.41, 5.74) is -7.07. The number of ketones is 1. The molecule has 0 N–H and O–H groups in total. The van der Waals surface area contributed by atoms with Crippen LogP contribution in [0.3, 0.4) is 0 Å². The van der Waals surface area contributed by atoms with Crippen molar-refractivity contribution < 1.29 is 67.7 Å². The molecule has 0 radical (unpaired) electrons. The van der Waals surface area contributed by atoms with Crippen molar-refractivity contribution in [1.82, 2.24) is 14.2 Å². The number of nitrogens with zero attached hydrogens (tertiary/aromatic N) is 3. The number of Topliss-reactive ketones (excluding diaryl/α,β-unsaturated/α-hetero) is 1. The lowest BCUT2D eigenvalue weighted by Crippen LogP contribution is -2.65. The van der Waals surface area contributed by atoms with Gasteiger partial charge in [-0.2, -0.15) is 53.4 Å². The zero-order valence-electron chi connectivity index (χ0n) is 14.7. The van der Waals surface area contributed by atoms with Gasteiger partial charge in [-0.25, -0.2) is 18.9 Å². The van der Waals surface area contributed by atoms with Gasteiger partial charge >= 0.3 is 44.3 Å². The zero-order valence-corrected chi connectivity index (χ0v) is 15.6. The van der Waals surface area contributed by atoms with Crippen molar-refractivity contribution in [3.05, 3.63) is 0 Å². The Kier molecular flexibility index (Phi) is 6.38. The van der Waals surface area contributed by atoms with E-state index in [1.54, 1.807) is 0 Å². The predicted molar refractivity (Wildman–Crippen MR) is 72.9 cm³/mol. The van der Waals surface area contributed by atoms with Gasteiger partial charge in [0.25, 0.3) is 6.10 Å². The molecule has 4 amide bonds. The minimum Gasteiger partial charge on any atom is -0.617 e. The summed E-state index contributed by atoms with van der Waals surface area (Å²) in [6, 6.07) is -3.29. The topological polar surface area (TPSA) is 93.2 Å². The predicted octanol–water partition coefficient (Wildman–Crippen LogP) is 2.42. The van der Waals surface area contributed by atoms with E-state index in [4.69, 9.17) is 0 Å². The average molecular weight is 485 g/mol. The molecule has 174 valence electrons. The molecule has 1 aliphatic rings. The standard InChI is InChI=1S/C11H10F10N3O5P/c1-22-6(26)23(2)30(28,24(3)7(22)27)29-5(9(13,14)15)4(25)8(12,10(16,17)18)11(19,20)21/h5H,1-3H3. The maximum absolute atomic E-state index is 13.8. The number of carbonyl (C=O) groups excluding carboxylic acids is 3. The normalized spacial score (nSPS) is 20.0. The summed E-state index contributed by atoms with van der Waals surface area (Å²) in [5.74, 6) is -4.24. The van der Waals surface area contributed by atoms with Crippen LogP contribution in [0.2, 0.25) is 0 Å². The first kappa shape index (κ1) is 26.1. The second kappa shape index (κ2) is 7.33. The highest BCUT2D eigenvalue weighted by Gasteiger charge is 2.80. The summed E-state index contributed by atoms with van der Waals surface area (Å²) < 4.78 is 132. The Bertz CT molecular complexity index is 703. The molecule has 0 spiro atoms. The highest BCUT2D eigenvalue weighted by Crippen LogP contribution is 2.62. The SMILES string of the molecule is CN1C(=O)N(C)[P+]([O-])(OC(C(=O)C(F)(C(F)(F)F)C(F)(F)F)C(F)(F)F)N(C)C1=O. The van der Waals surface area contributed by atoms with Gasteiger partial charge in [0.05, 0.1) is 14.1 Å². The van der Waals surface area contributed by atoms with Crippen LogP contribution in [0, 0.1) is 0 Å². The van der Waals surface area contributed by atoms with E-state index in [-0.39, 0.29) is 14.2 Å². The summed E-state index contributed by atoms with van der Waals surface area (Å²) in [7, 11) is -4.19. The first-order valence-corrected chi connectivity index (χ1v) is 8.60. The van der Waals surface area contributed by atoms with Gasteiger partial charge in [-0.15, -0.1) is 0 Å². The third-order valence-corrected chi connectivity index (χ3v) is 6.13. The second-order valence-corrected chi connectivity index (χ2v) is 8.10. The molecule has 0 aromatic rings. The fourth-order valence-electron chi connectivity index (χ4n) is 2.09. The molecule has 8 nitrogen and oxygen atoms in total. The Hall–Kier alpha value is -1.94. The van der Waals surface area contributed by atoms with Crippen molar-refractivity contribution in [3.63, 3.8) is 0 Å². The van der Waals surface area contributed by atoms with Gasteiger partial charge in [0, 0.05) is 7.05 Å². The molecule has 1 aliphatic heterocycles. The van der Waals surface area contributed by atoms with Crippen molar-refractivity contribution in [2.24, 2.45) is 0 Å². The highest BCUT2D eigenvalue weighted by molar-refractivity contribution is 7.60. The Morgan fingerprint density at radius 3 is 1.47 bits per heavy atom. The molecule has 0 aromatic carbocycles. The molecule has 1 heterocycles. The molecule has 1 unspecified atom stereocenters. The van der Waals surface area contributed by atoms with Crippen LogP contribution in [0.5, 0.6) is 0 Å². The number of amides is 4. The van der Waals surface area contributed by atoms with E-state index in [9.17, 15) is 63.2 Å². The molecule has 30 heavy (non-hydrogen) atoms. The quantitative estimate of drug-likeness (QED) is 0.451. The van der Waals surface area contributed by atoms with Gasteiger partial charge < -0.3 is 4.89 Å². The van der Waals surface area contributed by atoms with Gasteiger partial charge in [-0.1, -0.05) is 0 Å². The number of alkyl halides is 10. The summed E-state index contributed by atoms with van der Waals surface area (Å²) >= 11 is 0. The number of carbonyl (C=O) groups is 3. The first-order valence-electron chi connectivity index (χ1n) is 7.07. The van der Waals surface area contributed by atoms with Gasteiger partial charge in [0.2, 0.25) is 5.78 Å². The number of imide groups is 1. The second-order valence-electron chi connectivity index (χ2n) is 5.71. The summed E-state index contributed by atoms with van der Waals surface area (Å²) in [6.45, 7) is 0. The van der Waals surface area contributed by atoms with Crippen LogP contribution >= 0.6 is 8.02 Å². The van der Waals surface area contributed by atoms with Crippen LogP contribution in [0.25, 0.3) is 0 Å². The number of halogens is 10. The third-order valence-electron chi connectivity index (χ3n) is 3.78. The smallest absolute Gasteiger partial charge is 0.439 e. The molecule has 0 aromatic heterocycles. The summed E-state index contributed by atoms with van der Waals surface area (Å²) in [5, 5.41) is 0. The first-order chi connectivity index (χ1) is 13.0. The number of hydrogen-bond donors (Lipinski definition) is 0. The van der Waals surface area contributed by atoms with E-state index in [1.165, 1.54) is 0 Å². The van der Waals surface area contributed by atoms with Gasteiger partial charge in [0.1, 0.15) is 0 Å². The van der Waals surface area contributed by atoms with Gasteiger partial charge in [-0.3, -0.25) is 4.79 Å². The largest absolute Gasteiger partial charge is 0.617 e. The number of rotatable bonds is 4. The van der Waals surface area contributed by atoms with E-state index in [0.29, 0.717) is 14.1 Å². The van der Waals surface area contributed by atoms with Crippen LogP contribution in [0.15, 0.2) is 0 Å². The maximum atomic E-state index is 13.8. The van der Waals surface area contributed by atoms with E-state index >= 15 is 0 Å². The average Bonchev–Trinajstić information content (AvgIpc) is 2.57. The molecule has 1 rings (SSSR count). The van der Waals surface area contributed by atoms with Gasteiger partial charge in [-0.05, 0) is 0 Å². The van der Waals surface area contributed by atoms with Crippen molar-refractivity contribution in [2.45, 2.75) is 30.3 Å². The minimum absolute atomic E-state index is 0.148. The van der Waals surface area contributed by atoms with Crippen molar-refractivity contribution in [3.8, 4) is 0 Å². The van der Waals surface area contributed by atoms with E-state index < -0.39 is 56.2 Å². The van der Waals surface area contributed by atoms with E-state index in [1.807, 2.05) is 0 Å². The van der Waals surface area contributed by atoms with E-state index in [0.717, 1.165) is 7.05 Å². The molecular formula is C11H10F10N3O5P. The molecule has 0 saturated carbocycles. The van der Waals surface area contributed by atoms with Crippen molar-refractivity contribution >= 4 is 25.9 Å². The van der Waals surface area contributed by atoms with Crippen LogP contribution < -0.4 is 4.89 Å². The molecule has 0 bridgehead atoms. The molecule has 1 fully saturated rings. The maximum Gasteiger partial charge on any atom is 0.439 e. The Morgan fingerprint density at radius 1 is 0.867 bits per heavy atom. The van der Waals surface area contributed by atoms with Crippen molar-refractivity contribution in [2.75, 3.05) is 21.1 Å². The Balaban J connectivity index is 3.61. The lowest BCUT2D eigenvalue weighted by atomic mass is 9.94. The van der Waals surface area contributed by atoms with Crippen molar-refractivity contribution in [1.29, 1.82) is 0 Å². The third kappa shape index (κ3) is 3.87. The van der Waals surface area contributed by atoms with E-state index in [2.05, 4.69) is 4.52 Å². The molecule has 19 heteroatoms.